The number of nitrogens with zero attached hydrogens (tertiary/aromatic N) is 5. The molecular formula is C17H30N6O. The average molecular weight is 334 g/mol. The number of piperazine rings is 1. The van der Waals surface area contributed by atoms with Crippen LogP contribution in [0, 0.1) is 13.8 Å². The molecule has 0 spiro atoms. The lowest BCUT2D eigenvalue weighted by Crippen LogP contribution is -2.53. The molecule has 7 heteroatoms. The van der Waals surface area contributed by atoms with Crippen molar-refractivity contribution >= 4 is 11.9 Å². The van der Waals surface area contributed by atoms with Gasteiger partial charge in [-0.1, -0.05) is 0 Å². The molecule has 134 valence electrons. The molecule has 1 aromatic rings. The predicted molar refractivity (Wildman–Crippen MR) is 96.2 cm³/mol. The molecular weight excluding hydrogens is 304 g/mol. The third-order valence-corrected chi connectivity index (χ3v) is 4.64. The minimum Gasteiger partial charge on any atom is -0.357 e. The van der Waals surface area contributed by atoms with Crippen molar-refractivity contribution < 1.29 is 4.79 Å². The summed E-state index contributed by atoms with van der Waals surface area (Å²) in [6.45, 7) is 12.6. The van der Waals surface area contributed by atoms with E-state index in [4.69, 9.17) is 4.99 Å². The molecule has 1 aliphatic heterocycles. The number of carbonyl (C=O) groups is 1. The van der Waals surface area contributed by atoms with E-state index >= 15 is 0 Å². The van der Waals surface area contributed by atoms with Crippen LogP contribution in [0.2, 0.25) is 0 Å². The maximum Gasteiger partial charge on any atom is 0.219 e. The lowest BCUT2D eigenvalue weighted by atomic mass is 10.1. The number of hydrogen-bond donors (Lipinski definition) is 1. The Morgan fingerprint density at radius 2 is 1.83 bits per heavy atom. The molecule has 0 unspecified atom stereocenters. The van der Waals surface area contributed by atoms with Gasteiger partial charge in [-0.25, -0.2) is 0 Å². The van der Waals surface area contributed by atoms with Gasteiger partial charge in [0.25, 0.3) is 0 Å². The zero-order chi connectivity index (χ0) is 17.7. The van der Waals surface area contributed by atoms with Crippen LogP contribution in [0.4, 0.5) is 0 Å². The predicted octanol–water partition coefficient (Wildman–Crippen LogP) is 0.709. The molecule has 0 bridgehead atoms. The second kappa shape index (κ2) is 8.17. The first-order chi connectivity index (χ1) is 11.4. The Morgan fingerprint density at radius 1 is 1.21 bits per heavy atom. The standard InChI is InChI=1S/C17H30N6O/c1-6-18-17(23-11-9-22(10-12-23)15(4)24)19-8-7-16-13(2)20-21(5)14(16)3/h6-12H2,1-5H3,(H,18,19). The van der Waals surface area contributed by atoms with Crippen molar-refractivity contribution in [2.24, 2.45) is 12.0 Å². The first-order valence-electron chi connectivity index (χ1n) is 8.71. The van der Waals surface area contributed by atoms with Gasteiger partial charge < -0.3 is 15.1 Å². The number of aliphatic imine (C=N–C) groups is 1. The molecule has 2 rings (SSSR count). The maximum atomic E-state index is 11.4. The quantitative estimate of drug-likeness (QED) is 0.650. The smallest absolute Gasteiger partial charge is 0.219 e. The second-order valence-electron chi connectivity index (χ2n) is 6.25. The zero-order valence-corrected chi connectivity index (χ0v) is 15.6. The second-order valence-corrected chi connectivity index (χ2v) is 6.25. The number of amides is 1. The summed E-state index contributed by atoms with van der Waals surface area (Å²) >= 11 is 0. The lowest BCUT2D eigenvalue weighted by Gasteiger charge is -2.36. The van der Waals surface area contributed by atoms with Gasteiger partial charge in [0, 0.05) is 58.9 Å². The molecule has 0 radical (unpaired) electrons. The Labute approximate surface area is 144 Å². The molecule has 1 aromatic heterocycles. The van der Waals surface area contributed by atoms with Crippen molar-refractivity contribution in [1.29, 1.82) is 0 Å². The number of guanidine groups is 1. The Hall–Kier alpha value is -2.05. The van der Waals surface area contributed by atoms with Crippen LogP contribution >= 0.6 is 0 Å². The number of carbonyl (C=O) groups excluding carboxylic acids is 1. The molecule has 0 aromatic carbocycles. The monoisotopic (exact) mass is 334 g/mol. The van der Waals surface area contributed by atoms with Crippen molar-refractivity contribution in [3.8, 4) is 0 Å². The van der Waals surface area contributed by atoms with E-state index in [0.29, 0.717) is 0 Å². The molecule has 1 fully saturated rings. The lowest BCUT2D eigenvalue weighted by molar-refractivity contribution is -0.130. The number of aryl methyl sites for hydroxylation is 2. The highest BCUT2D eigenvalue weighted by molar-refractivity contribution is 5.80. The molecule has 1 N–H and O–H groups in total. The fraction of sp³-hybridized carbons (Fsp3) is 0.706. The third-order valence-electron chi connectivity index (χ3n) is 4.64. The Morgan fingerprint density at radius 3 is 2.33 bits per heavy atom. The molecule has 24 heavy (non-hydrogen) atoms. The highest BCUT2D eigenvalue weighted by Crippen LogP contribution is 2.12. The Balaban J connectivity index is 1.97. The van der Waals surface area contributed by atoms with Gasteiger partial charge in [0.2, 0.25) is 5.91 Å². The summed E-state index contributed by atoms with van der Waals surface area (Å²) < 4.78 is 1.93. The normalized spacial score (nSPS) is 15.8. The first kappa shape index (κ1) is 18.3. The number of hydrogen-bond acceptors (Lipinski definition) is 3. The molecule has 1 saturated heterocycles. The minimum atomic E-state index is 0.152. The number of rotatable bonds is 4. The molecule has 2 heterocycles. The van der Waals surface area contributed by atoms with Crippen LogP contribution in [-0.4, -0.2) is 70.7 Å². The van der Waals surface area contributed by atoms with E-state index in [-0.39, 0.29) is 5.91 Å². The minimum absolute atomic E-state index is 0.152. The van der Waals surface area contributed by atoms with E-state index in [1.165, 1.54) is 11.3 Å². The van der Waals surface area contributed by atoms with E-state index in [2.05, 4.69) is 36.1 Å². The van der Waals surface area contributed by atoms with Crippen LogP contribution in [0.3, 0.4) is 0 Å². The summed E-state index contributed by atoms with van der Waals surface area (Å²) in [5.74, 6) is 1.10. The summed E-state index contributed by atoms with van der Waals surface area (Å²) in [7, 11) is 1.98. The summed E-state index contributed by atoms with van der Waals surface area (Å²) in [4.78, 5) is 20.4. The highest BCUT2D eigenvalue weighted by atomic mass is 16.2. The van der Waals surface area contributed by atoms with E-state index in [1.807, 2.05) is 16.6 Å². The van der Waals surface area contributed by atoms with Gasteiger partial charge in [0.05, 0.1) is 5.69 Å². The van der Waals surface area contributed by atoms with Gasteiger partial charge in [0.15, 0.2) is 5.96 Å². The van der Waals surface area contributed by atoms with Crippen molar-refractivity contribution in [3.05, 3.63) is 17.0 Å². The van der Waals surface area contributed by atoms with Gasteiger partial charge in [-0.15, -0.1) is 0 Å². The van der Waals surface area contributed by atoms with Crippen LogP contribution in [0.5, 0.6) is 0 Å². The van der Waals surface area contributed by atoms with Crippen molar-refractivity contribution in [2.75, 3.05) is 39.3 Å². The fourth-order valence-corrected chi connectivity index (χ4v) is 3.11. The Bertz CT molecular complexity index is 598. The molecule has 7 nitrogen and oxygen atoms in total. The van der Waals surface area contributed by atoms with Crippen LogP contribution in [0.15, 0.2) is 4.99 Å². The third kappa shape index (κ3) is 4.27. The number of aromatic nitrogens is 2. The van der Waals surface area contributed by atoms with Crippen molar-refractivity contribution in [3.63, 3.8) is 0 Å². The number of nitrogens with one attached hydrogen (secondary N) is 1. The molecule has 0 atom stereocenters. The van der Waals surface area contributed by atoms with Gasteiger partial charge in [-0.2, -0.15) is 5.10 Å². The van der Waals surface area contributed by atoms with Crippen LogP contribution < -0.4 is 5.32 Å². The van der Waals surface area contributed by atoms with Gasteiger partial charge in [-0.05, 0) is 32.8 Å². The van der Waals surface area contributed by atoms with E-state index in [9.17, 15) is 4.79 Å². The molecule has 0 saturated carbocycles. The summed E-state index contributed by atoms with van der Waals surface area (Å²) in [5.41, 5.74) is 3.59. The summed E-state index contributed by atoms with van der Waals surface area (Å²) in [6.07, 6.45) is 0.897. The first-order valence-corrected chi connectivity index (χ1v) is 8.71. The molecule has 0 aliphatic carbocycles. The van der Waals surface area contributed by atoms with Gasteiger partial charge >= 0.3 is 0 Å². The van der Waals surface area contributed by atoms with E-state index in [1.54, 1.807) is 6.92 Å². The summed E-state index contributed by atoms with van der Waals surface area (Å²) in [5, 5.41) is 7.83. The SMILES string of the molecule is CCNC(=NCCc1c(C)nn(C)c1C)N1CCN(C(C)=O)CC1. The largest absolute Gasteiger partial charge is 0.357 e. The fourth-order valence-electron chi connectivity index (χ4n) is 3.11. The van der Waals surface area contributed by atoms with E-state index < -0.39 is 0 Å². The molecule has 1 amide bonds. The van der Waals surface area contributed by atoms with Crippen molar-refractivity contribution in [1.82, 2.24) is 24.9 Å². The van der Waals surface area contributed by atoms with Crippen LogP contribution in [-0.2, 0) is 18.3 Å². The van der Waals surface area contributed by atoms with E-state index in [0.717, 1.165) is 57.3 Å². The topological polar surface area (TPSA) is 65.8 Å². The van der Waals surface area contributed by atoms with Crippen LogP contribution in [0.25, 0.3) is 0 Å². The highest BCUT2D eigenvalue weighted by Gasteiger charge is 2.20. The van der Waals surface area contributed by atoms with Crippen molar-refractivity contribution in [2.45, 2.75) is 34.1 Å². The van der Waals surface area contributed by atoms with Gasteiger partial charge in [-0.3, -0.25) is 14.5 Å². The average Bonchev–Trinajstić information content (AvgIpc) is 2.80. The molecule has 1 aliphatic rings. The van der Waals surface area contributed by atoms with Gasteiger partial charge in [0.1, 0.15) is 0 Å². The Kier molecular flexibility index (Phi) is 6.23. The maximum absolute atomic E-state index is 11.4. The van der Waals surface area contributed by atoms with Crippen LogP contribution in [0.1, 0.15) is 30.8 Å². The zero-order valence-electron chi connectivity index (χ0n) is 15.6. The summed E-state index contributed by atoms with van der Waals surface area (Å²) in [6, 6.07) is 0.